The van der Waals surface area contributed by atoms with E-state index in [1.807, 2.05) is 0 Å². The molecule has 0 bridgehead atoms. The van der Waals surface area contributed by atoms with Crippen LogP contribution < -0.4 is 19.5 Å². The number of rotatable bonds is 7. The van der Waals surface area contributed by atoms with Crippen LogP contribution in [0.4, 0.5) is 11.4 Å². The molecule has 10 heteroatoms. The first-order chi connectivity index (χ1) is 14.2. The summed E-state index contributed by atoms with van der Waals surface area (Å²) in [4.78, 5) is 12.8. The van der Waals surface area contributed by atoms with Crippen LogP contribution in [-0.2, 0) is 17.1 Å². The van der Waals surface area contributed by atoms with E-state index in [4.69, 9.17) is 9.47 Å². The maximum atomic E-state index is 12.8. The average molecular weight is 430 g/mol. The fourth-order valence-electron chi connectivity index (χ4n) is 2.90. The quantitative estimate of drug-likeness (QED) is 0.596. The van der Waals surface area contributed by atoms with Gasteiger partial charge in [-0.1, -0.05) is 6.07 Å². The van der Waals surface area contributed by atoms with Crippen molar-refractivity contribution in [3.05, 3.63) is 54.2 Å². The second kappa shape index (κ2) is 8.46. The lowest BCUT2D eigenvalue weighted by molar-refractivity contribution is 0.101. The largest absolute Gasteiger partial charge is 0.497 e. The van der Waals surface area contributed by atoms with Gasteiger partial charge in [-0.05, 0) is 42.5 Å². The van der Waals surface area contributed by atoms with E-state index in [1.165, 1.54) is 10.7 Å². The number of nitrogens with zero attached hydrogens (tertiary/aromatic N) is 2. The average Bonchev–Trinajstić information content (AvgIpc) is 3.08. The molecule has 2 N–H and O–H groups in total. The van der Waals surface area contributed by atoms with Crippen molar-refractivity contribution in [1.29, 1.82) is 0 Å². The Morgan fingerprint density at radius 3 is 2.43 bits per heavy atom. The molecule has 0 radical (unpaired) electrons. The number of anilines is 2. The van der Waals surface area contributed by atoms with Crippen LogP contribution in [-0.4, -0.2) is 44.6 Å². The fourth-order valence-corrected chi connectivity index (χ4v) is 3.45. The minimum Gasteiger partial charge on any atom is -0.497 e. The number of carbonyl (C=O) groups is 1. The summed E-state index contributed by atoms with van der Waals surface area (Å²) in [6.07, 6.45) is 1.06. The number of methoxy groups -OCH3 is 2. The molecule has 3 rings (SSSR count). The van der Waals surface area contributed by atoms with Gasteiger partial charge in [0, 0.05) is 18.3 Å². The molecule has 1 heterocycles. The third-order valence-electron chi connectivity index (χ3n) is 4.22. The molecule has 1 aromatic heterocycles. The molecule has 0 saturated heterocycles. The van der Waals surface area contributed by atoms with Crippen molar-refractivity contribution in [2.45, 2.75) is 0 Å². The summed E-state index contributed by atoms with van der Waals surface area (Å²) in [6, 6.07) is 13.4. The van der Waals surface area contributed by atoms with Crippen LogP contribution >= 0.6 is 0 Å². The number of ether oxygens (including phenoxy) is 2. The number of amides is 1. The van der Waals surface area contributed by atoms with Gasteiger partial charge < -0.3 is 14.8 Å². The lowest BCUT2D eigenvalue weighted by Gasteiger charge is -2.08. The van der Waals surface area contributed by atoms with E-state index in [1.54, 1.807) is 63.7 Å². The number of aryl methyl sites for hydroxylation is 1. The molecule has 0 aliphatic rings. The van der Waals surface area contributed by atoms with Crippen molar-refractivity contribution in [2.75, 3.05) is 30.5 Å². The molecule has 158 valence electrons. The summed E-state index contributed by atoms with van der Waals surface area (Å²) in [5.41, 5.74) is 2.34. The van der Waals surface area contributed by atoms with Gasteiger partial charge in [-0.3, -0.25) is 14.2 Å². The van der Waals surface area contributed by atoms with Gasteiger partial charge in [-0.2, -0.15) is 5.10 Å². The molecular formula is C20H22N4O5S. The molecule has 0 aliphatic heterocycles. The van der Waals surface area contributed by atoms with Gasteiger partial charge in [-0.15, -0.1) is 0 Å². The summed E-state index contributed by atoms with van der Waals surface area (Å²) < 4.78 is 37.3. The first kappa shape index (κ1) is 21.2. The van der Waals surface area contributed by atoms with Crippen LogP contribution in [0.2, 0.25) is 0 Å². The fraction of sp³-hybridized carbons (Fsp3) is 0.200. The lowest BCUT2D eigenvalue weighted by atomic mass is 10.1. The molecule has 2 aromatic carbocycles. The van der Waals surface area contributed by atoms with E-state index in [2.05, 4.69) is 15.1 Å². The molecule has 0 spiro atoms. The minimum atomic E-state index is -3.42. The Balaban J connectivity index is 1.87. The molecular weight excluding hydrogens is 408 g/mol. The van der Waals surface area contributed by atoms with Crippen molar-refractivity contribution >= 4 is 27.3 Å². The van der Waals surface area contributed by atoms with E-state index >= 15 is 0 Å². The van der Waals surface area contributed by atoms with Crippen LogP contribution in [0.25, 0.3) is 11.3 Å². The number of nitrogens with one attached hydrogen (secondary N) is 2. The van der Waals surface area contributed by atoms with Crippen molar-refractivity contribution in [3.8, 4) is 22.8 Å². The molecule has 0 aliphatic carbocycles. The van der Waals surface area contributed by atoms with Crippen LogP contribution in [0.5, 0.6) is 11.5 Å². The number of sulfonamides is 1. The molecule has 1 amide bonds. The topological polar surface area (TPSA) is 112 Å². The van der Waals surface area contributed by atoms with E-state index in [0.717, 1.165) is 6.26 Å². The Morgan fingerprint density at radius 2 is 1.77 bits per heavy atom. The predicted molar refractivity (Wildman–Crippen MR) is 115 cm³/mol. The van der Waals surface area contributed by atoms with Gasteiger partial charge in [0.05, 0.1) is 31.9 Å². The number of aromatic nitrogens is 2. The Hall–Kier alpha value is -3.53. The van der Waals surface area contributed by atoms with Crippen LogP contribution in [0.1, 0.15) is 10.5 Å². The van der Waals surface area contributed by atoms with Crippen molar-refractivity contribution in [3.63, 3.8) is 0 Å². The van der Waals surface area contributed by atoms with Crippen LogP contribution in [0, 0.1) is 0 Å². The standard InChI is InChI=1S/C20H22N4O5S/c1-24-18(12-17(22-24)16-11-15(28-2)8-9-19(16)29-3)20(25)21-13-6-5-7-14(10-13)23-30(4,26)27/h5-12,23H,1-4H3,(H,21,25). The molecule has 0 saturated carbocycles. The second-order valence-electron chi connectivity index (χ2n) is 6.51. The molecule has 0 unspecified atom stereocenters. The lowest BCUT2D eigenvalue weighted by Crippen LogP contribution is -2.16. The first-order valence-electron chi connectivity index (χ1n) is 8.86. The highest BCUT2D eigenvalue weighted by molar-refractivity contribution is 7.92. The SMILES string of the molecule is COc1ccc(OC)c(-c2cc(C(=O)Nc3cccc(NS(C)(=O)=O)c3)n(C)n2)c1. The Morgan fingerprint density at radius 1 is 1.03 bits per heavy atom. The number of hydrogen-bond donors (Lipinski definition) is 2. The highest BCUT2D eigenvalue weighted by Gasteiger charge is 2.18. The van der Waals surface area contributed by atoms with E-state index in [-0.39, 0.29) is 0 Å². The Labute approximate surface area is 174 Å². The molecule has 0 fully saturated rings. The predicted octanol–water partition coefficient (Wildman–Crippen LogP) is 2.73. The third kappa shape index (κ3) is 4.90. The summed E-state index contributed by atoms with van der Waals surface area (Å²) in [5, 5.41) is 7.17. The van der Waals surface area contributed by atoms with Crippen molar-refractivity contribution < 1.29 is 22.7 Å². The van der Waals surface area contributed by atoms with Gasteiger partial charge in [0.1, 0.15) is 17.2 Å². The number of hydrogen-bond acceptors (Lipinski definition) is 6. The molecule has 30 heavy (non-hydrogen) atoms. The zero-order chi connectivity index (χ0) is 21.9. The summed E-state index contributed by atoms with van der Waals surface area (Å²) >= 11 is 0. The van der Waals surface area contributed by atoms with Crippen molar-refractivity contribution in [1.82, 2.24) is 9.78 Å². The Kier molecular flexibility index (Phi) is 5.97. The molecule has 3 aromatic rings. The van der Waals surface area contributed by atoms with Gasteiger partial charge in [0.2, 0.25) is 10.0 Å². The van der Waals surface area contributed by atoms with Crippen LogP contribution in [0.3, 0.4) is 0 Å². The third-order valence-corrected chi connectivity index (χ3v) is 4.83. The van der Waals surface area contributed by atoms with E-state index in [9.17, 15) is 13.2 Å². The summed E-state index contributed by atoms with van der Waals surface area (Å²) in [5.74, 6) is 0.840. The number of benzene rings is 2. The maximum absolute atomic E-state index is 12.8. The molecule has 0 atom stereocenters. The summed E-state index contributed by atoms with van der Waals surface area (Å²) in [6.45, 7) is 0. The van der Waals surface area contributed by atoms with E-state index in [0.29, 0.717) is 39.8 Å². The van der Waals surface area contributed by atoms with Gasteiger partial charge >= 0.3 is 0 Å². The smallest absolute Gasteiger partial charge is 0.273 e. The summed E-state index contributed by atoms with van der Waals surface area (Å²) in [7, 11) is 1.36. The highest BCUT2D eigenvalue weighted by Crippen LogP contribution is 2.33. The van der Waals surface area contributed by atoms with Crippen LogP contribution in [0.15, 0.2) is 48.5 Å². The normalized spacial score (nSPS) is 11.1. The minimum absolute atomic E-state index is 0.316. The van der Waals surface area contributed by atoms with Gasteiger partial charge in [0.15, 0.2) is 0 Å². The van der Waals surface area contributed by atoms with Crippen molar-refractivity contribution in [2.24, 2.45) is 7.05 Å². The Bertz CT molecular complexity index is 1190. The van der Waals surface area contributed by atoms with E-state index < -0.39 is 15.9 Å². The highest BCUT2D eigenvalue weighted by atomic mass is 32.2. The maximum Gasteiger partial charge on any atom is 0.273 e. The molecule has 9 nitrogen and oxygen atoms in total. The van der Waals surface area contributed by atoms with Gasteiger partial charge in [-0.25, -0.2) is 8.42 Å². The zero-order valence-corrected chi connectivity index (χ0v) is 17.8. The van der Waals surface area contributed by atoms with Gasteiger partial charge in [0.25, 0.3) is 5.91 Å². The first-order valence-corrected chi connectivity index (χ1v) is 10.7. The second-order valence-corrected chi connectivity index (χ2v) is 8.26. The monoisotopic (exact) mass is 430 g/mol. The zero-order valence-electron chi connectivity index (χ0n) is 17.0. The number of carbonyl (C=O) groups excluding carboxylic acids is 1.